The SMILES string of the molecule is CCOC(=O)[C@@H](C)[C@@H](Cc1ccccc1)C(=O)O. The molecule has 0 radical (unpaired) electrons. The molecule has 0 aliphatic carbocycles. The van der Waals surface area contributed by atoms with Gasteiger partial charge in [0.15, 0.2) is 0 Å². The fraction of sp³-hybridized carbons (Fsp3) is 0.429. The summed E-state index contributed by atoms with van der Waals surface area (Å²) in [6, 6.07) is 9.28. The second kappa shape index (κ2) is 6.79. The summed E-state index contributed by atoms with van der Waals surface area (Å²) in [6.45, 7) is 3.57. The van der Waals surface area contributed by atoms with Gasteiger partial charge >= 0.3 is 11.9 Å². The summed E-state index contributed by atoms with van der Waals surface area (Å²) in [6.07, 6.45) is 0.330. The number of carboxylic acids is 1. The van der Waals surface area contributed by atoms with Gasteiger partial charge in [0.2, 0.25) is 0 Å². The lowest BCUT2D eigenvalue weighted by Gasteiger charge is -2.18. The molecule has 1 aromatic carbocycles. The van der Waals surface area contributed by atoms with Gasteiger partial charge in [-0.2, -0.15) is 0 Å². The Balaban J connectivity index is 2.77. The molecule has 98 valence electrons. The minimum absolute atomic E-state index is 0.265. The van der Waals surface area contributed by atoms with Crippen LogP contribution in [0.4, 0.5) is 0 Å². The third-order valence-corrected chi connectivity index (χ3v) is 2.88. The van der Waals surface area contributed by atoms with Gasteiger partial charge < -0.3 is 9.84 Å². The first-order valence-electron chi connectivity index (χ1n) is 5.99. The van der Waals surface area contributed by atoms with Gasteiger partial charge in [-0.05, 0) is 18.9 Å². The smallest absolute Gasteiger partial charge is 0.309 e. The molecule has 0 spiro atoms. The van der Waals surface area contributed by atoms with Gasteiger partial charge in [-0.1, -0.05) is 37.3 Å². The molecule has 0 saturated heterocycles. The van der Waals surface area contributed by atoms with E-state index in [1.165, 1.54) is 0 Å². The number of hydrogen-bond acceptors (Lipinski definition) is 3. The van der Waals surface area contributed by atoms with E-state index in [9.17, 15) is 14.7 Å². The molecule has 1 rings (SSSR count). The zero-order valence-corrected chi connectivity index (χ0v) is 10.6. The van der Waals surface area contributed by atoms with Crippen molar-refractivity contribution in [1.29, 1.82) is 0 Å². The van der Waals surface area contributed by atoms with Gasteiger partial charge in [0.1, 0.15) is 0 Å². The molecule has 0 aliphatic heterocycles. The van der Waals surface area contributed by atoms with Crippen molar-refractivity contribution in [2.45, 2.75) is 20.3 Å². The van der Waals surface area contributed by atoms with E-state index >= 15 is 0 Å². The Morgan fingerprint density at radius 1 is 1.28 bits per heavy atom. The molecular formula is C14H18O4. The highest BCUT2D eigenvalue weighted by atomic mass is 16.5. The van der Waals surface area contributed by atoms with E-state index in [0.29, 0.717) is 6.42 Å². The van der Waals surface area contributed by atoms with Crippen LogP contribution >= 0.6 is 0 Å². The Kier molecular flexibility index (Phi) is 5.36. The minimum atomic E-state index is -0.973. The molecule has 0 fully saturated rings. The maximum absolute atomic E-state index is 11.6. The van der Waals surface area contributed by atoms with Crippen LogP contribution in [0.5, 0.6) is 0 Å². The van der Waals surface area contributed by atoms with Crippen molar-refractivity contribution in [2.24, 2.45) is 11.8 Å². The molecule has 18 heavy (non-hydrogen) atoms. The predicted octanol–water partition coefficient (Wildman–Crippen LogP) is 2.13. The van der Waals surface area contributed by atoms with E-state index < -0.39 is 23.8 Å². The Labute approximate surface area is 107 Å². The van der Waals surface area contributed by atoms with Crippen LogP contribution in [0, 0.1) is 11.8 Å². The Bertz CT molecular complexity index is 400. The number of ether oxygens (including phenoxy) is 1. The Morgan fingerprint density at radius 2 is 1.89 bits per heavy atom. The third-order valence-electron chi connectivity index (χ3n) is 2.88. The average Bonchev–Trinajstić information content (AvgIpc) is 2.36. The maximum atomic E-state index is 11.6. The maximum Gasteiger partial charge on any atom is 0.309 e. The molecule has 4 nitrogen and oxygen atoms in total. The van der Waals surface area contributed by atoms with Crippen LogP contribution in [-0.4, -0.2) is 23.7 Å². The lowest BCUT2D eigenvalue weighted by atomic mass is 9.88. The van der Waals surface area contributed by atoms with Gasteiger partial charge in [-0.15, -0.1) is 0 Å². The van der Waals surface area contributed by atoms with Gasteiger partial charge in [-0.25, -0.2) is 0 Å². The highest BCUT2D eigenvalue weighted by Crippen LogP contribution is 2.19. The number of aliphatic carboxylic acids is 1. The molecule has 4 heteroatoms. The molecule has 0 bridgehead atoms. The van der Waals surface area contributed by atoms with E-state index in [0.717, 1.165) is 5.56 Å². The summed E-state index contributed by atoms with van der Waals surface area (Å²) in [5, 5.41) is 9.21. The van der Waals surface area contributed by atoms with Crippen LogP contribution in [0.15, 0.2) is 30.3 Å². The fourth-order valence-electron chi connectivity index (χ4n) is 1.78. The van der Waals surface area contributed by atoms with Crippen LogP contribution in [0.2, 0.25) is 0 Å². The predicted molar refractivity (Wildman–Crippen MR) is 67.1 cm³/mol. The van der Waals surface area contributed by atoms with Crippen LogP contribution in [0.25, 0.3) is 0 Å². The van der Waals surface area contributed by atoms with E-state index in [-0.39, 0.29) is 6.61 Å². The van der Waals surface area contributed by atoms with E-state index in [4.69, 9.17) is 4.74 Å². The van der Waals surface area contributed by atoms with Crippen LogP contribution in [-0.2, 0) is 20.7 Å². The van der Waals surface area contributed by atoms with Gasteiger partial charge in [0.25, 0.3) is 0 Å². The van der Waals surface area contributed by atoms with Crippen molar-refractivity contribution < 1.29 is 19.4 Å². The zero-order valence-electron chi connectivity index (χ0n) is 10.6. The highest BCUT2D eigenvalue weighted by Gasteiger charge is 2.31. The Hall–Kier alpha value is -1.84. The summed E-state index contributed by atoms with van der Waals surface area (Å²) >= 11 is 0. The van der Waals surface area contributed by atoms with Crippen molar-refractivity contribution in [2.75, 3.05) is 6.61 Å². The number of carboxylic acid groups (broad SMARTS) is 1. The fourth-order valence-corrected chi connectivity index (χ4v) is 1.78. The molecular weight excluding hydrogens is 232 g/mol. The quantitative estimate of drug-likeness (QED) is 0.785. The first kappa shape index (κ1) is 14.2. The number of rotatable bonds is 6. The lowest BCUT2D eigenvalue weighted by Crippen LogP contribution is -2.30. The molecule has 0 aromatic heterocycles. The standard InChI is InChI=1S/C14H18O4/c1-3-18-14(17)10(2)12(13(15)16)9-11-7-5-4-6-8-11/h4-8,10,12H,3,9H2,1-2H3,(H,15,16)/t10-,12+/m0/s1. The Morgan fingerprint density at radius 3 is 2.39 bits per heavy atom. The van der Waals surface area contributed by atoms with Crippen molar-refractivity contribution in [3.05, 3.63) is 35.9 Å². The topological polar surface area (TPSA) is 63.6 Å². The molecule has 2 atom stereocenters. The molecule has 0 saturated carbocycles. The van der Waals surface area contributed by atoms with Gasteiger partial charge in [0, 0.05) is 0 Å². The zero-order chi connectivity index (χ0) is 13.5. The third kappa shape index (κ3) is 3.87. The number of carbonyl (C=O) groups excluding carboxylic acids is 1. The van der Waals surface area contributed by atoms with E-state index in [1.807, 2.05) is 30.3 Å². The largest absolute Gasteiger partial charge is 0.481 e. The van der Waals surface area contributed by atoms with Crippen LogP contribution in [0.3, 0.4) is 0 Å². The molecule has 0 aliphatic rings. The van der Waals surface area contributed by atoms with Gasteiger partial charge in [0.05, 0.1) is 18.4 Å². The first-order valence-corrected chi connectivity index (χ1v) is 5.99. The summed E-state index contributed by atoms with van der Waals surface area (Å²) in [7, 11) is 0. The number of esters is 1. The molecule has 1 aromatic rings. The molecule has 0 amide bonds. The van der Waals surface area contributed by atoms with Crippen molar-refractivity contribution >= 4 is 11.9 Å². The van der Waals surface area contributed by atoms with E-state index in [2.05, 4.69) is 0 Å². The van der Waals surface area contributed by atoms with E-state index in [1.54, 1.807) is 13.8 Å². The number of benzene rings is 1. The van der Waals surface area contributed by atoms with Crippen molar-refractivity contribution in [3.8, 4) is 0 Å². The second-order valence-electron chi connectivity index (χ2n) is 4.18. The molecule has 1 N–H and O–H groups in total. The first-order chi connectivity index (χ1) is 8.56. The summed E-state index contributed by atoms with van der Waals surface area (Å²) in [5.41, 5.74) is 0.904. The van der Waals surface area contributed by atoms with Gasteiger partial charge in [-0.3, -0.25) is 9.59 Å². The highest BCUT2D eigenvalue weighted by molar-refractivity contribution is 5.81. The average molecular weight is 250 g/mol. The monoisotopic (exact) mass is 250 g/mol. The minimum Gasteiger partial charge on any atom is -0.481 e. The molecule has 0 heterocycles. The van der Waals surface area contributed by atoms with Crippen LogP contribution in [0.1, 0.15) is 19.4 Å². The van der Waals surface area contributed by atoms with Crippen molar-refractivity contribution in [3.63, 3.8) is 0 Å². The normalized spacial score (nSPS) is 13.7. The number of carbonyl (C=O) groups is 2. The summed E-state index contributed by atoms with van der Waals surface area (Å²) in [5.74, 6) is -2.84. The number of hydrogen-bond donors (Lipinski definition) is 1. The van der Waals surface area contributed by atoms with Crippen molar-refractivity contribution in [1.82, 2.24) is 0 Å². The molecule has 0 unspecified atom stereocenters. The van der Waals surface area contributed by atoms with Crippen LogP contribution < -0.4 is 0 Å². The summed E-state index contributed by atoms with van der Waals surface area (Å²) < 4.78 is 4.87. The second-order valence-corrected chi connectivity index (χ2v) is 4.18. The summed E-state index contributed by atoms with van der Waals surface area (Å²) in [4.78, 5) is 22.8. The lowest BCUT2D eigenvalue weighted by molar-refractivity contribution is -0.156.